The van der Waals surface area contributed by atoms with E-state index in [2.05, 4.69) is 88.0 Å². The first-order valence-electron chi connectivity index (χ1n) is 8.97. The number of benzene rings is 3. The maximum absolute atomic E-state index is 3.79. The highest BCUT2D eigenvalue weighted by molar-refractivity contribution is 5.73. The van der Waals surface area contributed by atoms with Crippen LogP contribution in [-0.4, -0.2) is 0 Å². The molecule has 0 aliphatic rings. The summed E-state index contributed by atoms with van der Waals surface area (Å²) in [6.45, 7) is 10.4. The summed E-state index contributed by atoms with van der Waals surface area (Å²) in [5.74, 6) is 0. The van der Waals surface area contributed by atoms with Gasteiger partial charge in [0, 0.05) is 0 Å². The second kappa shape index (κ2) is 7.53. The first-order chi connectivity index (χ1) is 12.1. The fraction of sp³-hybridized carbons (Fsp3) is 0.200. The number of hydrogen-bond acceptors (Lipinski definition) is 0. The Morgan fingerprint density at radius 1 is 0.680 bits per heavy atom. The molecule has 0 bridgehead atoms. The van der Waals surface area contributed by atoms with Crippen molar-refractivity contribution in [3.05, 3.63) is 95.6 Å². The van der Waals surface area contributed by atoms with E-state index in [9.17, 15) is 0 Å². The Labute approximate surface area is 151 Å². The van der Waals surface area contributed by atoms with Gasteiger partial charge in [-0.05, 0) is 78.1 Å². The van der Waals surface area contributed by atoms with Crippen LogP contribution in [0.1, 0.15) is 28.7 Å². The fourth-order valence-corrected chi connectivity index (χ4v) is 3.24. The molecule has 0 radical (unpaired) electrons. The zero-order valence-electron chi connectivity index (χ0n) is 15.5. The summed E-state index contributed by atoms with van der Waals surface area (Å²) in [7, 11) is 0. The molecule has 0 aliphatic heterocycles. The number of allylic oxidation sites excluding steroid dienone is 1. The molecule has 0 N–H and O–H groups in total. The molecular formula is C25H26. The molecule has 3 aromatic carbocycles. The van der Waals surface area contributed by atoms with Crippen LogP contribution >= 0.6 is 0 Å². The van der Waals surface area contributed by atoms with Crippen molar-refractivity contribution in [2.45, 2.75) is 33.6 Å². The summed E-state index contributed by atoms with van der Waals surface area (Å²) in [6, 6.07) is 22.3. The Balaban J connectivity index is 1.85. The highest BCUT2D eigenvalue weighted by Crippen LogP contribution is 2.29. The van der Waals surface area contributed by atoms with Gasteiger partial charge in [0.25, 0.3) is 0 Å². The lowest BCUT2D eigenvalue weighted by Crippen LogP contribution is -1.91. The van der Waals surface area contributed by atoms with Crippen molar-refractivity contribution in [2.75, 3.05) is 0 Å². The van der Waals surface area contributed by atoms with Crippen LogP contribution in [0.4, 0.5) is 0 Å². The molecule has 3 rings (SSSR count). The maximum Gasteiger partial charge on any atom is -0.0152 e. The SMILES string of the molecule is C=CCCc1ccc(-c2ccc(-c3ccc(C)c(C)c3C)cc2)cc1. The lowest BCUT2D eigenvalue weighted by atomic mass is 9.93. The molecule has 126 valence electrons. The minimum Gasteiger partial charge on any atom is -0.103 e. The van der Waals surface area contributed by atoms with E-state index < -0.39 is 0 Å². The maximum atomic E-state index is 3.79. The van der Waals surface area contributed by atoms with E-state index in [0.717, 1.165) is 12.8 Å². The molecule has 0 nitrogen and oxygen atoms in total. The van der Waals surface area contributed by atoms with E-state index in [4.69, 9.17) is 0 Å². The molecule has 0 heterocycles. The Kier molecular flexibility index (Phi) is 5.19. The molecule has 0 spiro atoms. The third-order valence-corrected chi connectivity index (χ3v) is 5.18. The van der Waals surface area contributed by atoms with Crippen molar-refractivity contribution in [3.8, 4) is 22.3 Å². The second-order valence-corrected chi connectivity index (χ2v) is 6.78. The molecule has 0 saturated heterocycles. The van der Waals surface area contributed by atoms with Gasteiger partial charge in [0.2, 0.25) is 0 Å². The van der Waals surface area contributed by atoms with Gasteiger partial charge >= 0.3 is 0 Å². The first-order valence-corrected chi connectivity index (χ1v) is 8.97. The van der Waals surface area contributed by atoms with Crippen molar-refractivity contribution in [2.24, 2.45) is 0 Å². The Hall–Kier alpha value is -2.60. The van der Waals surface area contributed by atoms with Gasteiger partial charge in [-0.25, -0.2) is 0 Å². The van der Waals surface area contributed by atoms with Crippen LogP contribution in [0.3, 0.4) is 0 Å². The minimum atomic E-state index is 1.03. The summed E-state index contributed by atoms with van der Waals surface area (Å²) in [5.41, 5.74) is 10.6. The monoisotopic (exact) mass is 326 g/mol. The largest absolute Gasteiger partial charge is 0.103 e. The molecule has 0 aliphatic carbocycles. The topological polar surface area (TPSA) is 0 Å². The summed E-state index contributed by atoms with van der Waals surface area (Å²) >= 11 is 0. The van der Waals surface area contributed by atoms with Crippen molar-refractivity contribution < 1.29 is 0 Å². The van der Waals surface area contributed by atoms with Crippen LogP contribution in [0.2, 0.25) is 0 Å². The van der Waals surface area contributed by atoms with E-state index in [1.165, 1.54) is 44.5 Å². The van der Waals surface area contributed by atoms with E-state index >= 15 is 0 Å². The van der Waals surface area contributed by atoms with Crippen LogP contribution in [0, 0.1) is 20.8 Å². The van der Waals surface area contributed by atoms with Crippen LogP contribution in [-0.2, 0) is 6.42 Å². The van der Waals surface area contributed by atoms with Crippen LogP contribution in [0.5, 0.6) is 0 Å². The molecule has 25 heavy (non-hydrogen) atoms. The Bertz CT molecular complexity index is 865. The lowest BCUT2D eigenvalue weighted by molar-refractivity contribution is 1.00. The smallest absolute Gasteiger partial charge is 0.0152 e. The van der Waals surface area contributed by atoms with Gasteiger partial charge in [-0.3, -0.25) is 0 Å². The van der Waals surface area contributed by atoms with E-state index in [-0.39, 0.29) is 0 Å². The third-order valence-electron chi connectivity index (χ3n) is 5.18. The molecular weight excluding hydrogens is 300 g/mol. The van der Waals surface area contributed by atoms with Gasteiger partial charge < -0.3 is 0 Å². The number of hydrogen-bond donors (Lipinski definition) is 0. The minimum absolute atomic E-state index is 1.03. The number of rotatable bonds is 5. The summed E-state index contributed by atoms with van der Waals surface area (Å²) < 4.78 is 0. The predicted molar refractivity (Wildman–Crippen MR) is 110 cm³/mol. The molecule has 0 heteroatoms. The van der Waals surface area contributed by atoms with Gasteiger partial charge in [-0.15, -0.1) is 6.58 Å². The van der Waals surface area contributed by atoms with Crippen molar-refractivity contribution in [1.82, 2.24) is 0 Å². The molecule has 0 atom stereocenters. The molecule has 0 fully saturated rings. The molecule has 0 unspecified atom stereocenters. The number of aryl methyl sites for hydroxylation is 2. The van der Waals surface area contributed by atoms with Crippen LogP contribution < -0.4 is 0 Å². The highest BCUT2D eigenvalue weighted by Gasteiger charge is 2.06. The van der Waals surface area contributed by atoms with Crippen molar-refractivity contribution in [1.29, 1.82) is 0 Å². The zero-order chi connectivity index (χ0) is 17.8. The normalized spacial score (nSPS) is 10.7. The first kappa shape index (κ1) is 17.2. The van der Waals surface area contributed by atoms with Gasteiger partial charge in [0.1, 0.15) is 0 Å². The third kappa shape index (κ3) is 3.74. The predicted octanol–water partition coefficient (Wildman–Crippen LogP) is 7.06. The van der Waals surface area contributed by atoms with Gasteiger partial charge in [-0.1, -0.05) is 66.7 Å². The summed E-state index contributed by atoms with van der Waals surface area (Å²) in [6.07, 6.45) is 4.07. The van der Waals surface area contributed by atoms with Crippen LogP contribution in [0.15, 0.2) is 73.3 Å². The average Bonchev–Trinajstić information content (AvgIpc) is 2.65. The van der Waals surface area contributed by atoms with Crippen molar-refractivity contribution >= 4 is 0 Å². The summed E-state index contributed by atoms with van der Waals surface area (Å²) in [4.78, 5) is 0. The van der Waals surface area contributed by atoms with E-state index in [0.29, 0.717) is 0 Å². The van der Waals surface area contributed by atoms with Crippen LogP contribution in [0.25, 0.3) is 22.3 Å². The zero-order valence-corrected chi connectivity index (χ0v) is 15.5. The van der Waals surface area contributed by atoms with Gasteiger partial charge in [0.15, 0.2) is 0 Å². The second-order valence-electron chi connectivity index (χ2n) is 6.78. The summed E-state index contributed by atoms with van der Waals surface area (Å²) in [5, 5.41) is 0. The quantitative estimate of drug-likeness (QED) is 0.440. The standard InChI is InChI=1S/C25H26/c1-5-6-7-21-9-11-22(12-10-21)23-13-15-24(16-14-23)25-17-8-18(2)19(3)20(25)4/h5,8-17H,1,6-7H2,2-4H3. The van der Waals surface area contributed by atoms with Gasteiger partial charge in [0.05, 0.1) is 0 Å². The molecule has 0 saturated carbocycles. The molecule has 3 aromatic rings. The average molecular weight is 326 g/mol. The van der Waals surface area contributed by atoms with Gasteiger partial charge in [-0.2, -0.15) is 0 Å². The van der Waals surface area contributed by atoms with Crippen molar-refractivity contribution in [3.63, 3.8) is 0 Å². The molecule has 0 amide bonds. The van der Waals surface area contributed by atoms with E-state index in [1.807, 2.05) is 6.08 Å². The fourth-order valence-electron chi connectivity index (χ4n) is 3.24. The Morgan fingerprint density at radius 2 is 1.24 bits per heavy atom. The highest BCUT2D eigenvalue weighted by atomic mass is 14.1. The van der Waals surface area contributed by atoms with E-state index in [1.54, 1.807) is 0 Å². The lowest BCUT2D eigenvalue weighted by Gasteiger charge is -2.12. The Morgan fingerprint density at radius 3 is 1.84 bits per heavy atom. The molecule has 0 aromatic heterocycles.